The zero-order valence-corrected chi connectivity index (χ0v) is 15.2. The molecular weight excluding hydrogens is 370 g/mol. The number of nitrogens with two attached hydrogens (primary N) is 1. The van der Waals surface area contributed by atoms with Crippen LogP contribution in [0.3, 0.4) is 0 Å². The molecule has 0 bridgehead atoms. The van der Waals surface area contributed by atoms with Crippen LogP contribution in [0.25, 0.3) is 5.69 Å². The van der Waals surface area contributed by atoms with Crippen LogP contribution < -0.4 is 16.6 Å². The van der Waals surface area contributed by atoms with Gasteiger partial charge < -0.3 is 11.1 Å². The Labute approximate surface area is 155 Å². The molecule has 9 heteroatoms. The highest BCUT2D eigenvalue weighted by Crippen LogP contribution is 2.21. The lowest BCUT2D eigenvalue weighted by atomic mass is 10.1. The van der Waals surface area contributed by atoms with Gasteiger partial charge in [-0.3, -0.25) is 19.0 Å². The van der Waals surface area contributed by atoms with E-state index < -0.39 is 32.9 Å². The number of aromatic nitrogens is 1. The Morgan fingerprint density at radius 2 is 1.81 bits per heavy atom. The van der Waals surface area contributed by atoms with Crippen molar-refractivity contribution in [1.29, 1.82) is 0 Å². The first kappa shape index (κ1) is 18.8. The molecule has 1 aliphatic rings. The zero-order valence-electron chi connectivity index (χ0n) is 14.4. The van der Waals surface area contributed by atoms with Crippen LogP contribution in [-0.4, -0.2) is 41.8 Å². The topological polar surface area (TPSA) is 128 Å². The van der Waals surface area contributed by atoms with E-state index in [0.717, 1.165) is 0 Å². The van der Waals surface area contributed by atoms with Crippen molar-refractivity contribution < 1.29 is 18.0 Å². The molecule has 0 spiro atoms. The summed E-state index contributed by atoms with van der Waals surface area (Å²) in [6.45, 7) is 0. The van der Waals surface area contributed by atoms with Crippen LogP contribution in [0.1, 0.15) is 23.2 Å². The smallest absolute Gasteiger partial charge is 0.255 e. The first-order chi connectivity index (χ1) is 12.8. The fraction of sp³-hybridized carbons (Fsp3) is 0.278. The number of nitrogens with one attached hydrogen (secondary N) is 1. The molecule has 2 atom stereocenters. The second-order valence-corrected chi connectivity index (χ2v) is 8.61. The molecule has 1 aromatic carbocycles. The third kappa shape index (κ3) is 3.92. The summed E-state index contributed by atoms with van der Waals surface area (Å²) in [6.07, 6.45) is 2.32. The molecule has 142 valence electrons. The molecule has 27 heavy (non-hydrogen) atoms. The van der Waals surface area contributed by atoms with Crippen LogP contribution in [0.4, 0.5) is 0 Å². The van der Waals surface area contributed by atoms with Gasteiger partial charge >= 0.3 is 0 Å². The zero-order chi connectivity index (χ0) is 19.6. The Morgan fingerprint density at radius 3 is 2.44 bits per heavy atom. The van der Waals surface area contributed by atoms with Gasteiger partial charge in [-0.05, 0) is 43.2 Å². The number of hydrogen-bond donors (Lipinski definition) is 2. The van der Waals surface area contributed by atoms with Crippen molar-refractivity contribution in [1.82, 2.24) is 9.88 Å². The molecule has 0 aliphatic carbocycles. The molecule has 1 aromatic heterocycles. The number of hydrogen-bond acceptors (Lipinski definition) is 5. The van der Waals surface area contributed by atoms with E-state index in [1.54, 1.807) is 30.5 Å². The van der Waals surface area contributed by atoms with E-state index in [0.29, 0.717) is 18.5 Å². The van der Waals surface area contributed by atoms with Gasteiger partial charge in [0, 0.05) is 23.5 Å². The maximum atomic E-state index is 12.5. The predicted octanol–water partition coefficient (Wildman–Crippen LogP) is -0.00160. The van der Waals surface area contributed by atoms with Crippen LogP contribution in [0.15, 0.2) is 53.5 Å². The summed E-state index contributed by atoms with van der Waals surface area (Å²) in [5.41, 5.74) is 5.92. The molecule has 2 amide bonds. The Hall–Kier alpha value is -2.94. The largest absolute Gasteiger partial charge is 0.368 e. The average Bonchev–Trinajstić information content (AvgIpc) is 2.61. The number of primary amides is 1. The monoisotopic (exact) mass is 389 g/mol. The standard InChI is InChI=1S/C18H19N3O5S/c19-17(23)16-14(4-3-11-27(16,25)26)20-18(24)12-6-8-13(9-7-12)21-10-2-1-5-15(21)22/h1-2,5-10,14,16H,3-4,11H2,(H2,19,23)(H,20,24). The van der Waals surface area contributed by atoms with Crippen molar-refractivity contribution in [3.63, 3.8) is 0 Å². The summed E-state index contributed by atoms with van der Waals surface area (Å²) in [5, 5.41) is 1.19. The fourth-order valence-corrected chi connectivity index (χ4v) is 5.10. The number of carbonyl (C=O) groups is 2. The number of carbonyl (C=O) groups excluding carboxylic acids is 2. The maximum absolute atomic E-state index is 12.5. The minimum Gasteiger partial charge on any atom is -0.368 e. The Kier molecular flexibility index (Phi) is 5.13. The molecule has 2 unspecified atom stereocenters. The summed E-state index contributed by atoms with van der Waals surface area (Å²) >= 11 is 0. The first-order valence-electron chi connectivity index (χ1n) is 8.39. The van der Waals surface area contributed by atoms with E-state index in [1.165, 1.54) is 22.8 Å². The van der Waals surface area contributed by atoms with E-state index in [1.807, 2.05) is 0 Å². The molecule has 0 radical (unpaired) electrons. The van der Waals surface area contributed by atoms with Crippen molar-refractivity contribution in [2.24, 2.45) is 5.73 Å². The average molecular weight is 389 g/mol. The minimum absolute atomic E-state index is 0.118. The first-order valence-corrected chi connectivity index (χ1v) is 10.1. The SMILES string of the molecule is NC(=O)C1C(NC(=O)c2ccc(-n3ccccc3=O)cc2)CCCS1(=O)=O. The molecular formula is C18H19N3O5S. The molecule has 1 fully saturated rings. The number of amides is 2. The minimum atomic E-state index is -3.67. The van der Waals surface area contributed by atoms with Crippen molar-refractivity contribution in [2.45, 2.75) is 24.1 Å². The Morgan fingerprint density at radius 1 is 1.11 bits per heavy atom. The van der Waals surface area contributed by atoms with Crippen LogP contribution in [0.5, 0.6) is 0 Å². The second-order valence-electron chi connectivity index (χ2n) is 6.37. The quantitative estimate of drug-likeness (QED) is 0.760. The molecule has 3 rings (SSSR count). The normalized spacial score (nSPS) is 21.3. The second kappa shape index (κ2) is 7.36. The summed E-state index contributed by atoms with van der Waals surface area (Å²) in [5.74, 6) is -1.58. The van der Waals surface area contributed by atoms with Gasteiger partial charge in [-0.15, -0.1) is 0 Å². The summed E-state index contributed by atoms with van der Waals surface area (Å²) in [6, 6.07) is 10.2. The molecule has 8 nitrogen and oxygen atoms in total. The molecule has 1 saturated heterocycles. The maximum Gasteiger partial charge on any atom is 0.255 e. The van der Waals surface area contributed by atoms with Gasteiger partial charge in [-0.2, -0.15) is 0 Å². The van der Waals surface area contributed by atoms with Gasteiger partial charge in [0.25, 0.3) is 11.5 Å². The molecule has 2 heterocycles. The highest BCUT2D eigenvalue weighted by Gasteiger charge is 2.41. The van der Waals surface area contributed by atoms with Crippen molar-refractivity contribution in [3.8, 4) is 5.69 Å². The van der Waals surface area contributed by atoms with Gasteiger partial charge in [0.05, 0.1) is 11.8 Å². The third-order valence-electron chi connectivity index (χ3n) is 4.52. The van der Waals surface area contributed by atoms with Gasteiger partial charge in [0.1, 0.15) is 0 Å². The lowest BCUT2D eigenvalue weighted by molar-refractivity contribution is -0.118. The van der Waals surface area contributed by atoms with E-state index in [-0.39, 0.29) is 16.9 Å². The molecule has 1 aliphatic heterocycles. The van der Waals surface area contributed by atoms with Crippen LogP contribution >= 0.6 is 0 Å². The third-order valence-corrected chi connectivity index (χ3v) is 6.72. The van der Waals surface area contributed by atoms with Crippen LogP contribution in [0.2, 0.25) is 0 Å². The number of pyridine rings is 1. The van der Waals surface area contributed by atoms with Crippen molar-refractivity contribution in [3.05, 3.63) is 64.6 Å². The van der Waals surface area contributed by atoms with E-state index in [9.17, 15) is 22.8 Å². The van der Waals surface area contributed by atoms with E-state index in [2.05, 4.69) is 5.32 Å². The number of nitrogens with zero attached hydrogens (tertiary/aromatic N) is 1. The van der Waals surface area contributed by atoms with Gasteiger partial charge in [-0.1, -0.05) is 6.07 Å². The van der Waals surface area contributed by atoms with E-state index in [4.69, 9.17) is 5.73 Å². The van der Waals surface area contributed by atoms with Gasteiger partial charge in [-0.25, -0.2) is 8.42 Å². The Balaban J connectivity index is 1.79. The Bertz CT molecular complexity index is 1030. The summed E-state index contributed by atoms with van der Waals surface area (Å²) in [4.78, 5) is 35.9. The molecule has 3 N–H and O–H groups in total. The van der Waals surface area contributed by atoms with E-state index >= 15 is 0 Å². The predicted molar refractivity (Wildman–Crippen MR) is 99.3 cm³/mol. The lowest BCUT2D eigenvalue weighted by Crippen LogP contribution is -2.55. The van der Waals surface area contributed by atoms with Crippen LogP contribution in [-0.2, 0) is 14.6 Å². The van der Waals surface area contributed by atoms with Crippen LogP contribution in [0, 0.1) is 0 Å². The highest BCUT2D eigenvalue weighted by atomic mass is 32.2. The summed E-state index contributed by atoms with van der Waals surface area (Å²) < 4.78 is 25.6. The molecule has 0 saturated carbocycles. The lowest BCUT2D eigenvalue weighted by Gasteiger charge is -2.29. The summed E-state index contributed by atoms with van der Waals surface area (Å²) in [7, 11) is -3.67. The van der Waals surface area contributed by atoms with Gasteiger partial charge in [0.2, 0.25) is 5.91 Å². The molecule has 2 aromatic rings. The fourth-order valence-electron chi connectivity index (χ4n) is 3.22. The van der Waals surface area contributed by atoms with Crippen molar-refractivity contribution in [2.75, 3.05) is 5.75 Å². The van der Waals surface area contributed by atoms with Gasteiger partial charge in [0.15, 0.2) is 15.1 Å². The number of sulfone groups is 1. The van der Waals surface area contributed by atoms with Crippen molar-refractivity contribution >= 4 is 21.7 Å². The number of benzene rings is 1. The highest BCUT2D eigenvalue weighted by molar-refractivity contribution is 7.92. The number of rotatable bonds is 4.